The van der Waals surface area contributed by atoms with Gasteiger partial charge in [0, 0.05) is 24.5 Å². The Balaban J connectivity index is 1.94. The van der Waals surface area contributed by atoms with Gasteiger partial charge in [0.2, 0.25) is 0 Å². The van der Waals surface area contributed by atoms with Crippen LogP contribution in [0.2, 0.25) is 0 Å². The van der Waals surface area contributed by atoms with E-state index >= 15 is 0 Å². The van der Waals surface area contributed by atoms with Gasteiger partial charge in [-0.15, -0.1) is 0 Å². The molecule has 1 heterocycles. The molecule has 1 aromatic heterocycles. The molecule has 0 saturated heterocycles. The lowest BCUT2D eigenvalue weighted by Crippen LogP contribution is -2.26. The van der Waals surface area contributed by atoms with Crippen LogP contribution in [-0.4, -0.2) is 36.4 Å². The number of benzene rings is 1. The van der Waals surface area contributed by atoms with Crippen LogP contribution in [0.1, 0.15) is 46.7 Å². The van der Waals surface area contributed by atoms with Crippen molar-refractivity contribution in [2.45, 2.75) is 39.4 Å². The van der Waals surface area contributed by atoms with E-state index in [9.17, 15) is 18.0 Å². The Hall–Kier alpha value is -2.28. The summed E-state index contributed by atoms with van der Waals surface area (Å²) in [6.45, 7) is 4.87. The summed E-state index contributed by atoms with van der Waals surface area (Å²) in [6, 6.07) is 11.9. The van der Waals surface area contributed by atoms with Crippen molar-refractivity contribution < 1.29 is 22.7 Å². The predicted molar refractivity (Wildman–Crippen MR) is 98.0 cm³/mol. The molecule has 1 N–H and O–H groups in total. The number of hydrogen-bond donors (Lipinski definition) is 1. The minimum Gasteiger partial charge on any atom is -0.372 e. The standard InChI is InChI=1S/C20H25F3N2O2/c1-14-12-18(19(26)24-10-7-11-27-13-20(21,22)23)16(3)25(14)15(2)17-8-5-4-6-9-17/h4-6,8-9,12,15H,7,10-11,13H2,1-3H3,(H,24,26). The number of nitrogens with zero attached hydrogens (tertiary/aromatic N) is 1. The molecule has 2 rings (SSSR count). The average Bonchev–Trinajstić information content (AvgIpc) is 2.91. The maximum atomic E-state index is 12.4. The lowest BCUT2D eigenvalue weighted by Gasteiger charge is -2.19. The molecule has 0 fully saturated rings. The molecule has 0 saturated carbocycles. The Morgan fingerprint density at radius 3 is 2.52 bits per heavy atom. The summed E-state index contributed by atoms with van der Waals surface area (Å²) >= 11 is 0. The Kier molecular flexibility index (Phi) is 7.07. The van der Waals surface area contributed by atoms with E-state index in [0.717, 1.165) is 17.0 Å². The van der Waals surface area contributed by atoms with Gasteiger partial charge in [-0.25, -0.2) is 0 Å². The average molecular weight is 382 g/mol. The number of aryl methyl sites for hydroxylation is 1. The minimum atomic E-state index is -4.32. The first-order valence-electron chi connectivity index (χ1n) is 8.86. The van der Waals surface area contributed by atoms with E-state index in [0.29, 0.717) is 12.0 Å². The zero-order valence-corrected chi connectivity index (χ0v) is 15.8. The summed E-state index contributed by atoms with van der Waals surface area (Å²) in [5.74, 6) is -0.231. The van der Waals surface area contributed by atoms with Crippen LogP contribution in [0.5, 0.6) is 0 Å². The molecule has 7 heteroatoms. The number of rotatable bonds is 8. The van der Waals surface area contributed by atoms with Crippen molar-refractivity contribution in [2.75, 3.05) is 19.8 Å². The Bertz CT molecular complexity index is 755. The first-order chi connectivity index (χ1) is 12.7. The largest absolute Gasteiger partial charge is 0.411 e. The highest BCUT2D eigenvalue weighted by molar-refractivity contribution is 5.95. The van der Waals surface area contributed by atoms with Crippen LogP contribution in [0.4, 0.5) is 13.2 Å². The molecule has 0 spiro atoms. The van der Waals surface area contributed by atoms with Gasteiger partial charge in [-0.2, -0.15) is 13.2 Å². The summed E-state index contributed by atoms with van der Waals surface area (Å²) in [7, 11) is 0. The second-order valence-electron chi connectivity index (χ2n) is 6.52. The molecule has 148 valence electrons. The summed E-state index contributed by atoms with van der Waals surface area (Å²) < 4.78 is 42.6. The third-order valence-electron chi connectivity index (χ3n) is 4.41. The number of carbonyl (C=O) groups excluding carboxylic acids is 1. The molecule has 1 atom stereocenters. The van der Waals surface area contributed by atoms with Crippen LogP contribution >= 0.6 is 0 Å². The van der Waals surface area contributed by atoms with Crippen LogP contribution in [-0.2, 0) is 4.74 Å². The molecule has 0 aliphatic rings. The number of aromatic nitrogens is 1. The highest BCUT2D eigenvalue weighted by atomic mass is 19.4. The third-order valence-corrected chi connectivity index (χ3v) is 4.41. The van der Waals surface area contributed by atoms with Crippen LogP contribution in [0, 0.1) is 13.8 Å². The van der Waals surface area contributed by atoms with Gasteiger partial charge in [0.05, 0.1) is 11.6 Å². The molecule has 1 unspecified atom stereocenters. The van der Waals surface area contributed by atoms with Crippen molar-refractivity contribution in [3.8, 4) is 0 Å². The van der Waals surface area contributed by atoms with E-state index in [2.05, 4.69) is 21.5 Å². The van der Waals surface area contributed by atoms with Gasteiger partial charge in [0.1, 0.15) is 6.61 Å². The normalized spacial score (nSPS) is 12.8. The van der Waals surface area contributed by atoms with E-state index in [4.69, 9.17) is 0 Å². The molecule has 0 aliphatic carbocycles. The van der Waals surface area contributed by atoms with Crippen molar-refractivity contribution in [1.29, 1.82) is 0 Å². The van der Waals surface area contributed by atoms with Crippen molar-refractivity contribution in [3.63, 3.8) is 0 Å². The summed E-state index contributed by atoms with van der Waals surface area (Å²) in [6.07, 6.45) is -4.00. The van der Waals surface area contributed by atoms with Crippen LogP contribution < -0.4 is 5.32 Å². The molecular weight excluding hydrogens is 357 g/mol. The smallest absolute Gasteiger partial charge is 0.372 e. The fourth-order valence-electron chi connectivity index (χ4n) is 3.14. The maximum absolute atomic E-state index is 12.4. The zero-order chi connectivity index (χ0) is 20.0. The van der Waals surface area contributed by atoms with Crippen LogP contribution in [0.3, 0.4) is 0 Å². The first kappa shape index (κ1) is 21.0. The van der Waals surface area contributed by atoms with Crippen LogP contribution in [0.25, 0.3) is 0 Å². The molecule has 0 bridgehead atoms. The van der Waals surface area contributed by atoms with Crippen molar-refractivity contribution in [1.82, 2.24) is 9.88 Å². The Morgan fingerprint density at radius 2 is 1.89 bits per heavy atom. The number of hydrogen-bond acceptors (Lipinski definition) is 2. The van der Waals surface area contributed by atoms with Gasteiger partial charge in [-0.3, -0.25) is 4.79 Å². The lowest BCUT2D eigenvalue weighted by molar-refractivity contribution is -0.173. The minimum absolute atomic E-state index is 0.0517. The molecule has 1 amide bonds. The SMILES string of the molecule is Cc1cc(C(=O)NCCCOCC(F)(F)F)c(C)n1C(C)c1ccccc1. The number of nitrogens with one attached hydrogen (secondary N) is 1. The van der Waals surface area contributed by atoms with Crippen molar-refractivity contribution in [2.24, 2.45) is 0 Å². The van der Waals surface area contributed by atoms with E-state index in [1.54, 1.807) is 0 Å². The Morgan fingerprint density at radius 1 is 1.22 bits per heavy atom. The fraction of sp³-hybridized carbons (Fsp3) is 0.450. The molecule has 27 heavy (non-hydrogen) atoms. The monoisotopic (exact) mass is 382 g/mol. The molecule has 1 aromatic carbocycles. The van der Waals surface area contributed by atoms with Gasteiger partial charge in [0.15, 0.2) is 0 Å². The third kappa shape index (κ3) is 5.85. The van der Waals surface area contributed by atoms with Crippen molar-refractivity contribution in [3.05, 3.63) is 58.9 Å². The number of ether oxygens (including phenoxy) is 1. The highest BCUT2D eigenvalue weighted by Crippen LogP contribution is 2.25. The van der Waals surface area contributed by atoms with Gasteiger partial charge in [-0.1, -0.05) is 30.3 Å². The van der Waals surface area contributed by atoms with Gasteiger partial charge in [0.25, 0.3) is 5.91 Å². The second-order valence-corrected chi connectivity index (χ2v) is 6.52. The zero-order valence-electron chi connectivity index (χ0n) is 15.8. The number of alkyl halides is 3. The molecule has 0 radical (unpaired) electrons. The van der Waals surface area contributed by atoms with Gasteiger partial charge in [-0.05, 0) is 38.8 Å². The molecule has 0 aliphatic heterocycles. The van der Waals surface area contributed by atoms with Crippen LogP contribution in [0.15, 0.2) is 36.4 Å². The fourth-order valence-corrected chi connectivity index (χ4v) is 3.14. The predicted octanol–water partition coefficient (Wildman–Crippen LogP) is 4.41. The van der Waals surface area contributed by atoms with Gasteiger partial charge >= 0.3 is 6.18 Å². The van der Waals surface area contributed by atoms with E-state index < -0.39 is 12.8 Å². The molecule has 2 aromatic rings. The number of halogens is 3. The summed E-state index contributed by atoms with van der Waals surface area (Å²) in [5.41, 5.74) is 3.55. The molecule has 4 nitrogen and oxygen atoms in total. The Labute approximate surface area is 157 Å². The van der Waals surface area contributed by atoms with E-state index in [1.807, 2.05) is 50.2 Å². The summed E-state index contributed by atoms with van der Waals surface area (Å²) in [5, 5.41) is 2.74. The first-order valence-corrected chi connectivity index (χ1v) is 8.86. The summed E-state index contributed by atoms with van der Waals surface area (Å²) in [4.78, 5) is 12.4. The quantitative estimate of drug-likeness (QED) is 0.687. The number of carbonyl (C=O) groups is 1. The van der Waals surface area contributed by atoms with E-state index in [1.165, 1.54) is 0 Å². The highest BCUT2D eigenvalue weighted by Gasteiger charge is 2.27. The van der Waals surface area contributed by atoms with Crippen molar-refractivity contribution >= 4 is 5.91 Å². The van der Waals surface area contributed by atoms with Gasteiger partial charge < -0.3 is 14.6 Å². The topological polar surface area (TPSA) is 43.3 Å². The van der Waals surface area contributed by atoms with E-state index in [-0.39, 0.29) is 25.1 Å². The maximum Gasteiger partial charge on any atom is 0.411 e. The number of amides is 1. The lowest BCUT2D eigenvalue weighted by atomic mass is 10.1. The second kappa shape index (κ2) is 9.08. The molecular formula is C20H25F3N2O2.